The number of allylic oxidation sites excluding steroid dienone is 1. The zero-order valence-corrected chi connectivity index (χ0v) is 19.3. The lowest BCUT2D eigenvalue weighted by molar-refractivity contribution is -0.111. The molecular weight excluding hydrogens is 478 g/mol. The van der Waals surface area contributed by atoms with Crippen molar-refractivity contribution in [3.8, 4) is 16.9 Å². The van der Waals surface area contributed by atoms with Crippen molar-refractivity contribution >= 4 is 55.7 Å². The molecule has 0 radical (unpaired) electrons. The van der Waals surface area contributed by atoms with Crippen LogP contribution in [0.15, 0.2) is 81.9 Å². The zero-order valence-electron chi connectivity index (χ0n) is 16.9. The number of furan rings is 1. The Balaban J connectivity index is 1.72. The first-order valence-corrected chi connectivity index (χ1v) is 10.7. The lowest BCUT2D eigenvalue weighted by Gasteiger charge is -2.10. The summed E-state index contributed by atoms with van der Waals surface area (Å²) in [5.41, 5.74) is 4.93. The molecule has 1 aromatic heterocycles. The highest BCUT2D eigenvalue weighted by atomic mass is 79.9. The number of ether oxygens (including phenoxy) is 1. The fourth-order valence-electron chi connectivity index (χ4n) is 3.43. The molecule has 1 amide bonds. The number of nitrogens with one attached hydrogen (secondary N) is 1. The summed E-state index contributed by atoms with van der Waals surface area (Å²) in [4.78, 5) is 12.6. The summed E-state index contributed by atoms with van der Waals surface area (Å²) in [6.45, 7) is 1.88. The van der Waals surface area contributed by atoms with Gasteiger partial charge in [-0.25, -0.2) is 0 Å². The van der Waals surface area contributed by atoms with Gasteiger partial charge in [0, 0.05) is 43.8 Å². The maximum atomic E-state index is 12.6. The summed E-state index contributed by atoms with van der Waals surface area (Å²) >= 11 is 9.51. The number of amides is 1. The van der Waals surface area contributed by atoms with E-state index in [9.17, 15) is 4.79 Å². The second-order valence-corrected chi connectivity index (χ2v) is 8.39. The molecule has 31 heavy (non-hydrogen) atoms. The standard InChI is InChI=1S/C25H19BrClNO3/c1-15(9-25(29)28-19-8-4-7-18(27)11-19)20-12-21-22(16-5-3-6-17(26)10-16)14-31-24(21)13-23(20)30-2/h3-14H,1-2H3,(H,28,29)/b15-9+. The van der Waals surface area contributed by atoms with Crippen LogP contribution >= 0.6 is 27.5 Å². The zero-order chi connectivity index (χ0) is 22.0. The number of carbonyl (C=O) groups excluding carboxylic acids is 1. The first kappa shape index (κ1) is 21.2. The molecule has 1 heterocycles. The van der Waals surface area contributed by atoms with E-state index in [1.165, 1.54) is 0 Å². The number of benzene rings is 3. The number of hydrogen-bond acceptors (Lipinski definition) is 3. The van der Waals surface area contributed by atoms with Crippen LogP contribution in [0.4, 0.5) is 5.69 Å². The smallest absolute Gasteiger partial charge is 0.248 e. The topological polar surface area (TPSA) is 51.5 Å². The van der Waals surface area contributed by atoms with E-state index in [0.717, 1.165) is 32.1 Å². The largest absolute Gasteiger partial charge is 0.496 e. The molecule has 3 aromatic carbocycles. The van der Waals surface area contributed by atoms with Crippen molar-refractivity contribution in [3.05, 3.63) is 88.1 Å². The summed E-state index contributed by atoms with van der Waals surface area (Å²) in [6, 6.07) is 18.9. The van der Waals surface area contributed by atoms with Crippen LogP contribution in [0.2, 0.25) is 5.02 Å². The Morgan fingerprint density at radius 3 is 2.68 bits per heavy atom. The van der Waals surface area contributed by atoms with Crippen molar-refractivity contribution in [2.75, 3.05) is 12.4 Å². The average Bonchev–Trinajstić information content (AvgIpc) is 3.15. The summed E-state index contributed by atoms with van der Waals surface area (Å²) in [5, 5.41) is 4.33. The number of anilines is 1. The molecule has 4 aromatic rings. The molecule has 4 nitrogen and oxygen atoms in total. The first-order valence-electron chi connectivity index (χ1n) is 9.55. The molecule has 0 atom stereocenters. The normalized spacial score (nSPS) is 11.5. The van der Waals surface area contributed by atoms with Crippen LogP contribution < -0.4 is 10.1 Å². The van der Waals surface area contributed by atoms with Gasteiger partial charge in [0.25, 0.3) is 0 Å². The summed E-state index contributed by atoms with van der Waals surface area (Å²) in [5.74, 6) is 0.383. The molecule has 156 valence electrons. The number of hydrogen-bond donors (Lipinski definition) is 1. The quantitative estimate of drug-likeness (QED) is 0.290. The van der Waals surface area contributed by atoms with Crippen LogP contribution in [0.3, 0.4) is 0 Å². The summed E-state index contributed by atoms with van der Waals surface area (Å²) in [7, 11) is 1.60. The van der Waals surface area contributed by atoms with E-state index in [-0.39, 0.29) is 5.91 Å². The summed E-state index contributed by atoms with van der Waals surface area (Å²) in [6.07, 6.45) is 3.28. The van der Waals surface area contributed by atoms with Crippen LogP contribution in [0.5, 0.6) is 5.75 Å². The molecule has 0 spiro atoms. The van der Waals surface area contributed by atoms with Crippen molar-refractivity contribution < 1.29 is 13.9 Å². The van der Waals surface area contributed by atoms with Crippen molar-refractivity contribution in [1.82, 2.24) is 0 Å². The van der Waals surface area contributed by atoms with Crippen molar-refractivity contribution in [2.24, 2.45) is 0 Å². The molecule has 0 fully saturated rings. The van der Waals surface area contributed by atoms with E-state index in [0.29, 0.717) is 22.0 Å². The number of carbonyl (C=O) groups is 1. The van der Waals surface area contributed by atoms with Gasteiger partial charge in [0.1, 0.15) is 11.3 Å². The predicted molar refractivity (Wildman–Crippen MR) is 130 cm³/mol. The Morgan fingerprint density at radius 1 is 1.13 bits per heavy atom. The van der Waals surface area contributed by atoms with E-state index in [1.54, 1.807) is 43.7 Å². The third-order valence-electron chi connectivity index (χ3n) is 4.90. The minimum atomic E-state index is -0.249. The third kappa shape index (κ3) is 4.68. The predicted octanol–water partition coefficient (Wildman–Crippen LogP) is 7.57. The van der Waals surface area contributed by atoms with Gasteiger partial charge in [0.15, 0.2) is 0 Å². The van der Waals surface area contributed by atoms with Crippen LogP contribution in [0, 0.1) is 0 Å². The lowest BCUT2D eigenvalue weighted by atomic mass is 9.99. The summed E-state index contributed by atoms with van der Waals surface area (Å²) < 4.78 is 12.3. The Labute approximate surface area is 193 Å². The fourth-order valence-corrected chi connectivity index (χ4v) is 4.02. The van der Waals surface area contributed by atoms with Gasteiger partial charge in [-0.1, -0.05) is 45.7 Å². The molecule has 0 aliphatic rings. The highest BCUT2D eigenvalue weighted by Crippen LogP contribution is 2.38. The highest BCUT2D eigenvalue weighted by molar-refractivity contribution is 9.10. The number of halogens is 2. The lowest BCUT2D eigenvalue weighted by Crippen LogP contribution is -2.08. The van der Waals surface area contributed by atoms with Crippen LogP contribution in [0.1, 0.15) is 12.5 Å². The molecule has 4 rings (SSSR count). The van der Waals surface area contributed by atoms with E-state index in [1.807, 2.05) is 43.3 Å². The van der Waals surface area contributed by atoms with Gasteiger partial charge >= 0.3 is 0 Å². The van der Waals surface area contributed by atoms with Crippen LogP contribution in [0.25, 0.3) is 27.7 Å². The Morgan fingerprint density at radius 2 is 1.94 bits per heavy atom. The minimum Gasteiger partial charge on any atom is -0.496 e. The average molecular weight is 497 g/mol. The Kier molecular flexibility index (Phi) is 6.16. The van der Waals surface area contributed by atoms with Crippen LogP contribution in [-0.2, 0) is 4.79 Å². The highest BCUT2D eigenvalue weighted by Gasteiger charge is 2.15. The van der Waals surface area contributed by atoms with Gasteiger partial charge in [-0.3, -0.25) is 4.79 Å². The van der Waals surface area contributed by atoms with Gasteiger partial charge in [0.2, 0.25) is 5.91 Å². The van der Waals surface area contributed by atoms with Crippen molar-refractivity contribution in [3.63, 3.8) is 0 Å². The van der Waals surface area contributed by atoms with Crippen LogP contribution in [-0.4, -0.2) is 13.0 Å². The van der Waals surface area contributed by atoms with Gasteiger partial charge in [-0.05, 0) is 54.5 Å². The number of rotatable bonds is 5. The van der Waals surface area contributed by atoms with E-state index in [4.69, 9.17) is 20.8 Å². The van der Waals surface area contributed by atoms with Crippen molar-refractivity contribution in [1.29, 1.82) is 0 Å². The molecule has 0 bridgehead atoms. The first-order chi connectivity index (χ1) is 14.9. The maximum Gasteiger partial charge on any atom is 0.248 e. The van der Waals surface area contributed by atoms with Gasteiger partial charge in [-0.2, -0.15) is 0 Å². The molecule has 0 aliphatic heterocycles. The van der Waals surface area contributed by atoms with Gasteiger partial charge < -0.3 is 14.5 Å². The van der Waals surface area contributed by atoms with E-state index >= 15 is 0 Å². The van der Waals surface area contributed by atoms with Gasteiger partial charge in [-0.15, -0.1) is 0 Å². The molecule has 0 saturated carbocycles. The molecular formula is C25H19BrClNO3. The maximum absolute atomic E-state index is 12.6. The molecule has 0 saturated heterocycles. The second-order valence-electron chi connectivity index (χ2n) is 7.04. The van der Waals surface area contributed by atoms with Gasteiger partial charge in [0.05, 0.1) is 13.4 Å². The molecule has 0 aliphatic carbocycles. The fraction of sp³-hybridized carbons (Fsp3) is 0.0800. The third-order valence-corrected chi connectivity index (χ3v) is 5.62. The Bertz CT molecular complexity index is 1310. The monoisotopic (exact) mass is 495 g/mol. The number of methoxy groups -OCH3 is 1. The molecule has 6 heteroatoms. The minimum absolute atomic E-state index is 0.249. The van der Waals surface area contributed by atoms with E-state index in [2.05, 4.69) is 21.2 Å². The number of fused-ring (bicyclic) bond motifs is 1. The molecule has 1 N–H and O–H groups in total. The van der Waals surface area contributed by atoms with E-state index < -0.39 is 0 Å². The van der Waals surface area contributed by atoms with Crippen molar-refractivity contribution in [2.45, 2.75) is 6.92 Å². The molecule has 0 unspecified atom stereocenters. The second kappa shape index (κ2) is 9.00. The SMILES string of the molecule is COc1cc2occ(-c3cccc(Br)c3)c2cc1/C(C)=C/C(=O)Nc1cccc(Cl)c1. The Hall–Kier alpha value is -3.02.